The molecule has 2 atom stereocenters. The summed E-state index contributed by atoms with van der Waals surface area (Å²) in [5.74, 6) is 0.776. The fourth-order valence-corrected chi connectivity index (χ4v) is 4.54. The van der Waals surface area contributed by atoms with Crippen LogP contribution in [-0.2, 0) is 14.2 Å². The van der Waals surface area contributed by atoms with E-state index in [0.717, 1.165) is 36.6 Å². The highest BCUT2D eigenvalue weighted by atomic mass is 16.5. The highest BCUT2D eigenvalue weighted by Gasteiger charge is 2.30. The number of carbonyl (C=O) groups is 1. The minimum atomic E-state index is -0.720. The number of aliphatic imine (C=N–C) groups is 1. The van der Waals surface area contributed by atoms with Gasteiger partial charge in [-0.15, -0.1) is 0 Å². The van der Waals surface area contributed by atoms with E-state index in [2.05, 4.69) is 20.6 Å². The minimum absolute atomic E-state index is 0.00213. The third kappa shape index (κ3) is 7.09. The molecule has 0 saturated heterocycles. The molecule has 1 aromatic carbocycles. The Bertz CT molecular complexity index is 1040. The van der Waals surface area contributed by atoms with Crippen LogP contribution < -0.4 is 16.4 Å². The molecule has 1 aliphatic carbocycles. The number of anilines is 1. The zero-order valence-corrected chi connectivity index (χ0v) is 21.4. The summed E-state index contributed by atoms with van der Waals surface area (Å²) in [6.07, 6.45) is 4.01. The first-order valence-electron chi connectivity index (χ1n) is 11.9. The predicted molar refractivity (Wildman–Crippen MR) is 137 cm³/mol. The zero-order chi connectivity index (χ0) is 25.4. The molecule has 192 valence electrons. The summed E-state index contributed by atoms with van der Waals surface area (Å²) in [5.41, 5.74) is 7.10. The Morgan fingerprint density at radius 3 is 2.54 bits per heavy atom. The van der Waals surface area contributed by atoms with Crippen molar-refractivity contribution in [2.24, 2.45) is 10.7 Å². The lowest BCUT2D eigenvalue weighted by Crippen LogP contribution is -2.53. The molecule has 0 aliphatic heterocycles. The number of fused-ring (bicyclic) bond motifs is 1. The first-order valence-corrected chi connectivity index (χ1v) is 11.9. The molecule has 3 rings (SSSR count). The van der Waals surface area contributed by atoms with Gasteiger partial charge >= 0.3 is 0 Å². The average molecular weight is 487 g/mol. The Morgan fingerprint density at radius 1 is 1.14 bits per heavy atom. The van der Waals surface area contributed by atoms with E-state index in [-0.39, 0.29) is 31.1 Å². The van der Waals surface area contributed by atoms with Crippen molar-refractivity contribution in [3.05, 3.63) is 29.6 Å². The number of hydrogen-bond acceptors (Lipinski definition) is 8. The van der Waals surface area contributed by atoms with Gasteiger partial charge in [-0.25, -0.2) is 9.97 Å². The van der Waals surface area contributed by atoms with Gasteiger partial charge < -0.3 is 30.6 Å². The second-order valence-electron chi connectivity index (χ2n) is 9.45. The second-order valence-corrected chi connectivity index (χ2v) is 9.45. The van der Waals surface area contributed by atoms with Crippen molar-refractivity contribution in [3.63, 3.8) is 0 Å². The average Bonchev–Trinajstić information content (AvgIpc) is 2.80. The summed E-state index contributed by atoms with van der Waals surface area (Å²) in [5, 5.41) is 7.40. The molecule has 0 unspecified atom stereocenters. The standard InChI is InChI=1S/C25H38N6O4/c1-16-10-11-18-17(12-16)22(29-20-9-7-6-8-19(20)27-21(26)13-33-3)30-23(28-18)24(32)31-25(2,14-34-4)15-35-5/h10-12,19-20H,6-9,13-15H2,1-5H3,(H2,26,27)(H,31,32)(H,28,29,30)/t19-,20+/m1/s1. The molecule has 1 saturated carbocycles. The molecular weight excluding hydrogens is 448 g/mol. The van der Waals surface area contributed by atoms with Crippen molar-refractivity contribution < 1.29 is 19.0 Å². The number of aromatic nitrogens is 2. The van der Waals surface area contributed by atoms with Crippen LogP contribution in [0.1, 0.15) is 48.8 Å². The maximum Gasteiger partial charge on any atom is 0.289 e. The fraction of sp³-hybridized carbons (Fsp3) is 0.600. The van der Waals surface area contributed by atoms with Crippen LogP contribution in [0.5, 0.6) is 0 Å². The normalized spacial score (nSPS) is 19.1. The molecule has 0 bridgehead atoms. The van der Waals surface area contributed by atoms with Crippen molar-refractivity contribution >= 4 is 28.5 Å². The minimum Gasteiger partial charge on any atom is -0.386 e. The number of nitrogens with one attached hydrogen (secondary N) is 2. The molecular formula is C25H38N6O4. The third-order valence-electron chi connectivity index (χ3n) is 6.07. The lowest BCUT2D eigenvalue weighted by molar-refractivity contribution is 0.0453. The number of nitrogens with zero attached hydrogens (tertiary/aromatic N) is 3. The summed E-state index contributed by atoms with van der Waals surface area (Å²) in [6, 6.07) is 5.93. The number of methoxy groups -OCH3 is 3. The molecule has 1 aliphatic rings. The van der Waals surface area contributed by atoms with E-state index in [9.17, 15) is 4.79 Å². The summed E-state index contributed by atoms with van der Waals surface area (Å²) in [4.78, 5) is 27.2. The third-order valence-corrected chi connectivity index (χ3v) is 6.07. The zero-order valence-electron chi connectivity index (χ0n) is 21.4. The van der Waals surface area contributed by atoms with Crippen LogP contribution in [0.4, 0.5) is 5.82 Å². The quantitative estimate of drug-likeness (QED) is 0.326. The van der Waals surface area contributed by atoms with Gasteiger partial charge in [-0.1, -0.05) is 24.5 Å². The van der Waals surface area contributed by atoms with Crippen molar-refractivity contribution in [1.82, 2.24) is 15.3 Å². The van der Waals surface area contributed by atoms with E-state index >= 15 is 0 Å². The number of aryl methyl sites for hydroxylation is 1. The van der Waals surface area contributed by atoms with Crippen molar-refractivity contribution in [1.29, 1.82) is 0 Å². The Hall–Kier alpha value is -2.82. The first kappa shape index (κ1) is 26.8. The highest BCUT2D eigenvalue weighted by molar-refractivity contribution is 5.97. The molecule has 1 amide bonds. The van der Waals surface area contributed by atoms with Gasteiger partial charge in [0.15, 0.2) is 0 Å². The number of hydrogen-bond donors (Lipinski definition) is 3. The maximum atomic E-state index is 13.2. The SMILES string of the molecule is COCC(N)=N[C@@H]1CCCC[C@@H]1Nc1nc(C(=O)NC(C)(COC)COC)nc2ccc(C)cc12. The molecule has 10 nitrogen and oxygen atoms in total. The van der Waals surface area contributed by atoms with Crippen LogP contribution in [0.3, 0.4) is 0 Å². The highest BCUT2D eigenvalue weighted by Crippen LogP contribution is 2.28. The second kappa shape index (κ2) is 12.2. The van der Waals surface area contributed by atoms with Crippen molar-refractivity contribution in [3.8, 4) is 0 Å². The number of amidine groups is 1. The first-order chi connectivity index (χ1) is 16.8. The Kier molecular flexibility index (Phi) is 9.36. The Balaban J connectivity index is 1.96. The van der Waals surface area contributed by atoms with Crippen molar-refractivity contribution in [2.45, 2.75) is 57.2 Å². The van der Waals surface area contributed by atoms with E-state index < -0.39 is 11.4 Å². The molecule has 1 fully saturated rings. The van der Waals surface area contributed by atoms with Crippen LogP contribution >= 0.6 is 0 Å². The number of ether oxygens (including phenoxy) is 3. The lowest BCUT2D eigenvalue weighted by atomic mass is 9.90. The molecule has 1 heterocycles. The van der Waals surface area contributed by atoms with Gasteiger partial charge in [-0.2, -0.15) is 0 Å². The van der Waals surface area contributed by atoms with Gasteiger partial charge in [0.25, 0.3) is 5.91 Å². The monoisotopic (exact) mass is 486 g/mol. The predicted octanol–water partition coefficient (Wildman–Crippen LogP) is 2.45. The van der Waals surface area contributed by atoms with E-state index in [0.29, 0.717) is 23.8 Å². The van der Waals surface area contributed by atoms with Crippen molar-refractivity contribution in [2.75, 3.05) is 46.5 Å². The molecule has 4 N–H and O–H groups in total. The van der Waals surface area contributed by atoms with Crippen LogP contribution in [0.25, 0.3) is 10.9 Å². The summed E-state index contributed by atoms with van der Waals surface area (Å²) < 4.78 is 15.7. The fourth-order valence-electron chi connectivity index (χ4n) is 4.54. The number of nitrogens with two attached hydrogens (primary N) is 1. The smallest absolute Gasteiger partial charge is 0.289 e. The molecule has 0 radical (unpaired) electrons. The Labute approximate surface area is 207 Å². The number of carbonyl (C=O) groups excluding carboxylic acids is 1. The van der Waals surface area contributed by atoms with Crippen LogP contribution in [0.2, 0.25) is 0 Å². The van der Waals surface area contributed by atoms with Gasteiger partial charge in [0.2, 0.25) is 5.82 Å². The van der Waals surface area contributed by atoms with Gasteiger partial charge in [0.1, 0.15) is 18.3 Å². The van der Waals surface area contributed by atoms with Gasteiger partial charge in [-0.3, -0.25) is 9.79 Å². The largest absolute Gasteiger partial charge is 0.386 e. The van der Waals surface area contributed by atoms with E-state index in [1.165, 1.54) is 0 Å². The van der Waals surface area contributed by atoms with Gasteiger partial charge in [0, 0.05) is 32.8 Å². The molecule has 2 aromatic rings. The molecule has 1 aromatic heterocycles. The number of amides is 1. The maximum absolute atomic E-state index is 13.2. The van der Waals surface area contributed by atoms with Crippen LogP contribution in [0, 0.1) is 6.92 Å². The topological polar surface area (TPSA) is 133 Å². The molecule has 10 heteroatoms. The van der Waals surface area contributed by atoms with E-state index in [1.54, 1.807) is 21.3 Å². The number of benzene rings is 1. The van der Waals surface area contributed by atoms with Gasteiger partial charge in [-0.05, 0) is 38.8 Å². The summed E-state index contributed by atoms with van der Waals surface area (Å²) in [7, 11) is 4.77. The summed E-state index contributed by atoms with van der Waals surface area (Å²) in [6.45, 7) is 4.75. The van der Waals surface area contributed by atoms with Crippen LogP contribution in [-0.4, -0.2) is 80.5 Å². The Morgan fingerprint density at radius 2 is 1.86 bits per heavy atom. The lowest BCUT2D eigenvalue weighted by Gasteiger charge is -2.31. The van der Waals surface area contributed by atoms with Crippen LogP contribution in [0.15, 0.2) is 23.2 Å². The van der Waals surface area contributed by atoms with Gasteiger partial charge in [0.05, 0.1) is 30.3 Å². The molecule has 0 spiro atoms. The summed E-state index contributed by atoms with van der Waals surface area (Å²) >= 11 is 0. The van der Waals surface area contributed by atoms with E-state index in [1.807, 2.05) is 32.0 Å². The van der Waals surface area contributed by atoms with E-state index in [4.69, 9.17) is 24.9 Å². The number of rotatable bonds is 11. The molecule has 35 heavy (non-hydrogen) atoms.